The van der Waals surface area contributed by atoms with Crippen molar-refractivity contribution in [3.63, 3.8) is 0 Å². The standard InChI is InChI=1S/C19H25NO4/c1-20-9-8-19-7-6-14(23-12-21-2)10-16(19)24-18-15(22-3)5-4-13(11-20)17(18)19/h4-7,14,16H,8-12H2,1-3H3. The molecule has 0 aromatic heterocycles. The molecule has 0 saturated heterocycles. The molecule has 3 unspecified atom stereocenters. The Morgan fingerprint density at radius 3 is 3.00 bits per heavy atom. The van der Waals surface area contributed by atoms with Crippen molar-refractivity contribution >= 4 is 0 Å². The van der Waals surface area contributed by atoms with Crippen LogP contribution in [0.25, 0.3) is 0 Å². The molecule has 0 bridgehead atoms. The van der Waals surface area contributed by atoms with Crippen molar-refractivity contribution < 1.29 is 18.9 Å². The van der Waals surface area contributed by atoms with E-state index in [1.807, 2.05) is 6.07 Å². The Balaban J connectivity index is 1.78. The highest BCUT2D eigenvalue weighted by Crippen LogP contribution is 2.55. The predicted molar refractivity (Wildman–Crippen MR) is 90.5 cm³/mol. The van der Waals surface area contributed by atoms with Crippen LogP contribution in [0, 0.1) is 0 Å². The van der Waals surface area contributed by atoms with Gasteiger partial charge in [0.15, 0.2) is 11.5 Å². The van der Waals surface area contributed by atoms with Crippen LogP contribution in [-0.4, -0.2) is 51.7 Å². The molecule has 2 aliphatic heterocycles. The third-order valence-electron chi connectivity index (χ3n) is 5.53. The molecule has 0 amide bonds. The highest BCUT2D eigenvalue weighted by Gasteiger charge is 2.52. The van der Waals surface area contributed by atoms with Crippen LogP contribution in [0.1, 0.15) is 24.0 Å². The second-order valence-corrected chi connectivity index (χ2v) is 6.97. The predicted octanol–water partition coefficient (Wildman–Crippen LogP) is 2.48. The molecule has 1 spiro atoms. The largest absolute Gasteiger partial charge is 0.493 e. The van der Waals surface area contributed by atoms with Gasteiger partial charge in [-0.1, -0.05) is 18.2 Å². The molecule has 24 heavy (non-hydrogen) atoms. The highest BCUT2D eigenvalue weighted by molar-refractivity contribution is 5.60. The first-order valence-electron chi connectivity index (χ1n) is 8.53. The van der Waals surface area contributed by atoms with Crippen molar-refractivity contribution in [3.8, 4) is 11.5 Å². The molecule has 0 N–H and O–H groups in total. The van der Waals surface area contributed by atoms with E-state index in [1.165, 1.54) is 11.1 Å². The summed E-state index contributed by atoms with van der Waals surface area (Å²) in [5, 5.41) is 0. The Morgan fingerprint density at radius 2 is 2.21 bits per heavy atom. The zero-order valence-electron chi connectivity index (χ0n) is 14.6. The summed E-state index contributed by atoms with van der Waals surface area (Å²) >= 11 is 0. The average molecular weight is 331 g/mol. The van der Waals surface area contributed by atoms with Gasteiger partial charge in [0.2, 0.25) is 0 Å². The SMILES string of the molecule is COCOC1C=CC23CCN(C)Cc4ccc(OC)c(c42)OC3C1. The van der Waals surface area contributed by atoms with Gasteiger partial charge in [0.05, 0.1) is 18.6 Å². The summed E-state index contributed by atoms with van der Waals surface area (Å²) < 4.78 is 22.8. The van der Waals surface area contributed by atoms with Crippen LogP contribution in [0.15, 0.2) is 24.3 Å². The third-order valence-corrected chi connectivity index (χ3v) is 5.53. The Bertz CT molecular complexity index is 659. The molecule has 1 aromatic rings. The van der Waals surface area contributed by atoms with Crippen molar-refractivity contribution in [2.45, 2.75) is 37.0 Å². The maximum Gasteiger partial charge on any atom is 0.166 e. The lowest BCUT2D eigenvalue weighted by Crippen LogP contribution is -2.43. The van der Waals surface area contributed by atoms with E-state index in [9.17, 15) is 0 Å². The maximum absolute atomic E-state index is 6.43. The molecule has 5 heteroatoms. The zero-order chi connectivity index (χ0) is 16.7. The first-order chi connectivity index (χ1) is 11.7. The van der Waals surface area contributed by atoms with Crippen molar-refractivity contribution in [1.29, 1.82) is 0 Å². The minimum atomic E-state index is -0.0725. The van der Waals surface area contributed by atoms with Crippen LogP contribution in [0.2, 0.25) is 0 Å². The van der Waals surface area contributed by atoms with E-state index in [-0.39, 0.29) is 17.6 Å². The van der Waals surface area contributed by atoms with Crippen LogP contribution in [0.4, 0.5) is 0 Å². The molecule has 1 aliphatic carbocycles. The van der Waals surface area contributed by atoms with E-state index >= 15 is 0 Å². The molecule has 0 fully saturated rings. The van der Waals surface area contributed by atoms with Gasteiger partial charge in [-0.3, -0.25) is 0 Å². The summed E-state index contributed by atoms with van der Waals surface area (Å²) in [7, 11) is 5.54. The summed E-state index contributed by atoms with van der Waals surface area (Å²) in [4.78, 5) is 2.38. The van der Waals surface area contributed by atoms with Gasteiger partial charge in [0.25, 0.3) is 0 Å². The van der Waals surface area contributed by atoms with Crippen molar-refractivity contribution in [1.82, 2.24) is 4.90 Å². The Kier molecular flexibility index (Phi) is 4.03. The second-order valence-electron chi connectivity index (χ2n) is 6.97. The van der Waals surface area contributed by atoms with Crippen LogP contribution < -0.4 is 9.47 Å². The fraction of sp³-hybridized carbons (Fsp3) is 0.579. The monoisotopic (exact) mass is 331 g/mol. The van der Waals surface area contributed by atoms with E-state index in [1.54, 1.807) is 14.2 Å². The molecule has 3 atom stereocenters. The lowest BCUT2D eigenvalue weighted by Gasteiger charge is -2.36. The molecule has 5 nitrogen and oxygen atoms in total. The summed E-state index contributed by atoms with van der Waals surface area (Å²) in [6.07, 6.45) is 6.50. The molecule has 1 aromatic carbocycles. The van der Waals surface area contributed by atoms with Gasteiger partial charge in [-0.2, -0.15) is 0 Å². The van der Waals surface area contributed by atoms with Gasteiger partial charge in [-0.25, -0.2) is 0 Å². The van der Waals surface area contributed by atoms with Crippen LogP contribution in [0.3, 0.4) is 0 Å². The molecular weight excluding hydrogens is 306 g/mol. The Labute approximate surface area is 143 Å². The number of hydrogen-bond donors (Lipinski definition) is 0. The molecule has 0 radical (unpaired) electrons. The van der Waals surface area contributed by atoms with Crippen molar-refractivity contribution in [2.24, 2.45) is 0 Å². The van der Waals surface area contributed by atoms with Crippen LogP contribution in [0.5, 0.6) is 11.5 Å². The number of benzene rings is 1. The number of hydrogen-bond acceptors (Lipinski definition) is 5. The molecular formula is C19H25NO4. The van der Waals surface area contributed by atoms with Crippen LogP contribution >= 0.6 is 0 Å². The summed E-state index contributed by atoms with van der Waals surface area (Å²) in [5.41, 5.74) is 2.59. The van der Waals surface area contributed by atoms with Crippen molar-refractivity contribution in [3.05, 3.63) is 35.4 Å². The fourth-order valence-corrected chi connectivity index (χ4v) is 4.34. The summed E-state index contributed by atoms with van der Waals surface area (Å²) in [6, 6.07) is 4.22. The van der Waals surface area contributed by atoms with E-state index < -0.39 is 0 Å². The van der Waals surface area contributed by atoms with Crippen molar-refractivity contribution in [2.75, 3.05) is 34.6 Å². The molecule has 4 rings (SSSR count). The molecule has 0 saturated carbocycles. The molecule has 2 heterocycles. The van der Waals surface area contributed by atoms with Gasteiger partial charge in [-0.05, 0) is 31.6 Å². The first-order valence-corrected chi connectivity index (χ1v) is 8.53. The van der Waals surface area contributed by atoms with E-state index in [2.05, 4.69) is 30.2 Å². The lowest BCUT2D eigenvalue weighted by atomic mass is 9.69. The van der Waals surface area contributed by atoms with E-state index in [0.29, 0.717) is 6.79 Å². The normalized spacial score (nSPS) is 31.1. The minimum Gasteiger partial charge on any atom is -0.493 e. The maximum atomic E-state index is 6.43. The number of methoxy groups -OCH3 is 2. The number of nitrogens with zero attached hydrogens (tertiary/aromatic N) is 1. The topological polar surface area (TPSA) is 40.2 Å². The smallest absolute Gasteiger partial charge is 0.166 e. The average Bonchev–Trinajstić information content (AvgIpc) is 2.85. The molecule has 130 valence electrons. The summed E-state index contributed by atoms with van der Waals surface area (Å²) in [6.45, 7) is 2.30. The fourth-order valence-electron chi connectivity index (χ4n) is 4.34. The van der Waals surface area contributed by atoms with Gasteiger partial charge in [-0.15, -0.1) is 0 Å². The third kappa shape index (κ3) is 2.34. The van der Waals surface area contributed by atoms with Gasteiger partial charge < -0.3 is 23.8 Å². The van der Waals surface area contributed by atoms with Gasteiger partial charge in [0.1, 0.15) is 12.9 Å². The van der Waals surface area contributed by atoms with Gasteiger partial charge >= 0.3 is 0 Å². The number of rotatable bonds is 4. The Morgan fingerprint density at radius 1 is 1.33 bits per heavy atom. The van der Waals surface area contributed by atoms with Crippen LogP contribution in [-0.2, 0) is 21.4 Å². The van der Waals surface area contributed by atoms with E-state index in [0.717, 1.165) is 37.4 Å². The zero-order valence-corrected chi connectivity index (χ0v) is 14.6. The number of ether oxygens (including phenoxy) is 4. The lowest BCUT2D eigenvalue weighted by molar-refractivity contribution is -0.0712. The second kappa shape index (κ2) is 6.06. The quantitative estimate of drug-likeness (QED) is 0.626. The summed E-state index contributed by atoms with van der Waals surface area (Å²) in [5.74, 6) is 1.75. The minimum absolute atomic E-state index is 0.0327. The molecule has 3 aliphatic rings. The van der Waals surface area contributed by atoms with E-state index in [4.69, 9.17) is 18.9 Å². The van der Waals surface area contributed by atoms with Gasteiger partial charge in [0, 0.05) is 25.6 Å². The highest BCUT2D eigenvalue weighted by atomic mass is 16.7. The first kappa shape index (κ1) is 15.9. The Hall–Kier alpha value is -1.56.